The van der Waals surface area contributed by atoms with E-state index in [-0.39, 0.29) is 5.91 Å². The number of ether oxygens (including phenoxy) is 2. The summed E-state index contributed by atoms with van der Waals surface area (Å²) in [5.74, 6) is 0.858. The number of nitrogens with one attached hydrogen (secondary N) is 1. The normalized spacial score (nSPS) is 10.4. The second-order valence-electron chi connectivity index (χ2n) is 4.03. The Labute approximate surface area is 122 Å². The van der Waals surface area contributed by atoms with Gasteiger partial charge in [0, 0.05) is 6.20 Å². The molecule has 108 valence electrons. The van der Waals surface area contributed by atoms with Crippen molar-refractivity contribution in [3.63, 3.8) is 0 Å². The number of carbonyl (C=O) groups is 1. The molecule has 6 nitrogen and oxygen atoms in total. The lowest BCUT2D eigenvalue weighted by atomic mass is 10.2. The van der Waals surface area contributed by atoms with E-state index in [9.17, 15) is 4.79 Å². The zero-order chi connectivity index (χ0) is 15.1. The fourth-order valence-corrected chi connectivity index (χ4v) is 1.65. The van der Waals surface area contributed by atoms with Gasteiger partial charge >= 0.3 is 0 Å². The Morgan fingerprint density at radius 3 is 2.67 bits per heavy atom. The Hall–Kier alpha value is -2.89. The maximum Gasteiger partial charge on any atom is 0.289 e. The van der Waals surface area contributed by atoms with Gasteiger partial charge in [-0.05, 0) is 35.9 Å². The molecule has 0 saturated heterocycles. The van der Waals surface area contributed by atoms with Crippen LogP contribution in [0.5, 0.6) is 11.5 Å². The van der Waals surface area contributed by atoms with Crippen LogP contribution >= 0.6 is 0 Å². The molecule has 2 rings (SSSR count). The molecule has 6 heteroatoms. The number of benzene rings is 1. The van der Waals surface area contributed by atoms with E-state index in [2.05, 4.69) is 15.5 Å². The SMILES string of the molecule is COc1ccc(C=NNC(=O)c2ccccn2)cc1OC. The minimum Gasteiger partial charge on any atom is -0.493 e. The van der Waals surface area contributed by atoms with Crippen molar-refractivity contribution in [2.24, 2.45) is 5.10 Å². The monoisotopic (exact) mass is 285 g/mol. The largest absolute Gasteiger partial charge is 0.493 e. The van der Waals surface area contributed by atoms with Crippen molar-refractivity contribution in [2.75, 3.05) is 14.2 Å². The molecule has 0 atom stereocenters. The van der Waals surface area contributed by atoms with E-state index >= 15 is 0 Å². The molecule has 0 saturated carbocycles. The molecule has 1 aromatic heterocycles. The molecule has 0 spiro atoms. The zero-order valence-corrected chi connectivity index (χ0v) is 11.7. The molecule has 0 aliphatic carbocycles. The number of amides is 1. The van der Waals surface area contributed by atoms with E-state index in [0.717, 1.165) is 5.56 Å². The minimum atomic E-state index is -0.368. The molecule has 21 heavy (non-hydrogen) atoms. The van der Waals surface area contributed by atoms with Gasteiger partial charge < -0.3 is 9.47 Å². The summed E-state index contributed by atoms with van der Waals surface area (Å²) in [6.45, 7) is 0. The highest BCUT2D eigenvalue weighted by Crippen LogP contribution is 2.26. The summed E-state index contributed by atoms with van der Waals surface area (Å²) in [6.07, 6.45) is 3.07. The first-order valence-electron chi connectivity index (χ1n) is 6.21. The van der Waals surface area contributed by atoms with Crippen LogP contribution in [0.1, 0.15) is 16.1 Å². The van der Waals surface area contributed by atoms with E-state index in [1.165, 1.54) is 6.21 Å². The Morgan fingerprint density at radius 2 is 2.00 bits per heavy atom. The number of hydrazone groups is 1. The second-order valence-corrected chi connectivity index (χ2v) is 4.03. The first kappa shape index (κ1) is 14.5. The van der Waals surface area contributed by atoms with Crippen LogP contribution < -0.4 is 14.9 Å². The van der Waals surface area contributed by atoms with E-state index in [0.29, 0.717) is 17.2 Å². The van der Waals surface area contributed by atoms with Crippen molar-refractivity contribution in [1.82, 2.24) is 10.4 Å². The Balaban J connectivity index is 2.03. The molecule has 0 fully saturated rings. The summed E-state index contributed by atoms with van der Waals surface area (Å²) in [6, 6.07) is 10.4. The van der Waals surface area contributed by atoms with Gasteiger partial charge in [-0.1, -0.05) is 6.07 Å². The topological polar surface area (TPSA) is 72.8 Å². The third kappa shape index (κ3) is 3.79. The number of rotatable bonds is 5. The number of carbonyl (C=O) groups excluding carboxylic acids is 1. The number of methoxy groups -OCH3 is 2. The highest BCUT2D eigenvalue weighted by molar-refractivity contribution is 5.93. The summed E-state index contributed by atoms with van der Waals surface area (Å²) in [7, 11) is 3.13. The standard InChI is InChI=1S/C15H15N3O3/c1-20-13-7-6-11(9-14(13)21-2)10-17-18-15(19)12-5-3-4-8-16-12/h3-10H,1-2H3,(H,18,19). The van der Waals surface area contributed by atoms with Crippen molar-refractivity contribution >= 4 is 12.1 Å². The molecule has 2 aromatic rings. The van der Waals surface area contributed by atoms with Crippen LogP contribution in [0.3, 0.4) is 0 Å². The van der Waals surface area contributed by atoms with Gasteiger partial charge in [-0.25, -0.2) is 5.43 Å². The number of hydrogen-bond donors (Lipinski definition) is 1. The fraction of sp³-hybridized carbons (Fsp3) is 0.133. The number of hydrogen-bond acceptors (Lipinski definition) is 5. The van der Waals surface area contributed by atoms with Crippen LogP contribution in [0.25, 0.3) is 0 Å². The van der Waals surface area contributed by atoms with Crippen LogP contribution in [0.2, 0.25) is 0 Å². The van der Waals surface area contributed by atoms with Gasteiger partial charge in [0.05, 0.1) is 20.4 Å². The predicted octanol–water partition coefficient (Wildman–Crippen LogP) is 1.86. The van der Waals surface area contributed by atoms with Crippen molar-refractivity contribution in [3.8, 4) is 11.5 Å². The Bertz CT molecular complexity index is 642. The van der Waals surface area contributed by atoms with Crippen LogP contribution in [0.4, 0.5) is 0 Å². The highest BCUT2D eigenvalue weighted by atomic mass is 16.5. The third-order valence-corrected chi connectivity index (χ3v) is 2.68. The lowest BCUT2D eigenvalue weighted by Gasteiger charge is -2.07. The number of aromatic nitrogens is 1. The third-order valence-electron chi connectivity index (χ3n) is 2.68. The zero-order valence-electron chi connectivity index (χ0n) is 11.7. The van der Waals surface area contributed by atoms with Crippen molar-refractivity contribution in [3.05, 3.63) is 53.9 Å². The lowest BCUT2D eigenvalue weighted by Crippen LogP contribution is -2.18. The van der Waals surface area contributed by atoms with E-state index in [1.807, 2.05) is 0 Å². The average molecular weight is 285 g/mol. The molecule has 1 heterocycles. The molecule has 0 bridgehead atoms. The minimum absolute atomic E-state index is 0.307. The van der Waals surface area contributed by atoms with Gasteiger partial charge in [0.1, 0.15) is 5.69 Å². The quantitative estimate of drug-likeness (QED) is 0.672. The fourth-order valence-electron chi connectivity index (χ4n) is 1.65. The van der Waals surface area contributed by atoms with Crippen LogP contribution in [0.15, 0.2) is 47.7 Å². The summed E-state index contributed by atoms with van der Waals surface area (Å²) >= 11 is 0. The summed E-state index contributed by atoms with van der Waals surface area (Å²) in [4.78, 5) is 15.7. The van der Waals surface area contributed by atoms with Gasteiger partial charge in [-0.3, -0.25) is 9.78 Å². The lowest BCUT2D eigenvalue weighted by molar-refractivity contribution is 0.0950. The first-order chi connectivity index (χ1) is 10.2. The van der Waals surface area contributed by atoms with Gasteiger partial charge in [0.15, 0.2) is 11.5 Å². The molecule has 1 aromatic carbocycles. The molecule has 0 aliphatic heterocycles. The molecular formula is C15H15N3O3. The Morgan fingerprint density at radius 1 is 1.19 bits per heavy atom. The van der Waals surface area contributed by atoms with E-state index in [4.69, 9.17) is 9.47 Å². The number of nitrogens with zero attached hydrogens (tertiary/aromatic N) is 2. The van der Waals surface area contributed by atoms with Crippen LogP contribution in [-0.4, -0.2) is 31.3 Å². The molecular weight excluding hydrogens is 270 g/mol. The van der Waals surface area contributed by atoms with Gasteiger partial charge in [-0.2, -0.15) is 5.10 Å². The molecule has 1 amide bonds. The molecule has 0 radical (unpaired) electrons. The molecule has 0 aliphatic rings. The van der Waals surface area contributed by atoms with E-state index in [1.54, 1.807) is 56.8 Å². The highest BCUT2D eigenvalue weighted by Gasteiger charge is 2.05. The summed E-state index contributed by atoms with van der Waals surface area (Å²) in [5.41, 5.74) is 3.49. The van der Waals surface area contributed by atoms with Crippen molar-refractivity contribution in [2.45, 2.75) is 0 Å². The smallest absolute Gasteiger partial charge is 0.289 e. The Kier molecular flexibility index (Phi) is 4.87. The molecule has 1 N–H and O–H groups in total. The van der Waals surface area contributed by atoms with Crippen LogP contribution in [-0.2, 0) is 0 Å². The van der Waals surface area contributed by atoms with E-state index < -0.39 is 0 Å². The predicted molar refractivity (Wildman–Crippen MR) is 78.8 cm³/mol. The average Bonchev–Trinajstić information content (AvgIpc) is 2.55. The van der Waals surface area contributed by atoms with Gasteiger partial charge in [0.2, 0.25) is 0 Å². The van der Waals surface area contributed by atoms with Crippen molar-refractivity contribution < 1.29 is 14.3 Å². The van der Waals surface area contributed by atoms with Gasteiger partial charge in [0.25, 0.3) is 5.91 Å². The second kappa shape index (κ2) is 7.04. The summed E-state index contributed by atoms with van der Waals surface area (Å²) in [5, 5.41) is 3.89. The maximum atomic E-state index is 11.7. The first-order valence-corrected chi connectivity index (χ1v) is 6.21. The molecule has 0 unspecified atom stereocenters. The summed E-state index contributed by atoms with van der Waals surface area (Å²) < 4.78 is 10.3. The van der Waals surface area contributed by atoms with Gasteiger partial charge in [-0.15, -0.1) is 0 Å². The van der Waals surface area contributed by atoms with Crippen LogP contribution in [0, 0.1) is 0 Å². The van der Waals surface area contributed by atoms with Crippen molar-refractivity contribution in [1.29, 1.82) is 0 Å². The number of pyridine rings is 1. The maximum absolute atomic E-state index is 11.7.